The number of hydrogen-bond acceptors (Lipinski definition) is 12. The van der Waals surface area contributed by atoms with Gasteiger partial charge in [-0.3, -0.25) is 29.4 Å². The molecule has 1 unspecified atom stereocenters. The largest absolute Gasteiger partial charge is 0.491 e. The molecule has 2 aliphatic carbocycles. The van der Waals surface area contributed by atoms with E-state index in [0.717, 1.165) is 60.2 Å². The minimum Gasteiger partial charge on any atom is -0.491 e. The van der Waals surface area contributed by atoms with E-state index in [9.17, 15) is 32.4 Å². The molecule has 6 amide bonds. The van der Waals surface area contributed by atoms with Crippen LogP contribution in [0.5, 0.6) is 5.75 Å². The number of anilines is 2. The molecule has 57 heavy (non-hydrogen) atoms. The Morgan fingerprint density at radius 3 is 2.09 bits per heavy atom. The van der Waals surface area contributed by atoms with Crippen LogP contribution in [-0.4, -0.2) is 102 Å². The maximum atomic E-state index is 13.2. The minimum absolute atomic E-state index is 0.0499. The van der Waals surface area contributed by atoms with Crippen molar-refractivity contribution in [3.63, 3.8) is 0 Å². The van der Waals surface area contributed by atoms with Crippen LogP contribution in [0.15, 0.2) is 53.4 Å². The molecule has 0 saturated carbocycles. The van der Waals surface area contributed by atoms with E-state index in [2.05, 4.69) is 26.7 Å². The fraction of sp³-hybridized carbons (Fsp3) is 0.425. The standard InChI is InChI=1S/C40H45N5O11S/c46-34-15-14-33(37(47)42-34)45-38(48)31-8-3-9-32(35(31)39(45)49)41-16-17-53-18-19-54-20-21-55-22-23-56-27-10-12-28(13-11-27)57(51,52)44-40(50)43-36-29-6-1-4-25(29)24-26-5-2-7-30(26)36/h3,8-13,24,33,41H,1-2,4-7,14-23H2,(H,42,46,47)(H2,43,44,50). The fourth-order valence-corrected chi connectivity index (χ4v) is 8.59. The highest BCUT2D eigenvalue weighted by Crippen LogP contribution is 2.39. The topological polar surface area (TPSA) is 208 Å². The molecule has 3 aromatic rings. The number of benzene rings is 3. The van der Waals surface area contributed by atoms with Gasteiger partial charge in [0.1, 0.15) is 18.4 Å². The number of sulfonamides is 1. The quantitative estimate of drug-likeness (QED) is 0.108. The molecular weight excluding hydrogens is 759 g/mol. The molecule has 1 fully saturated rings. The van der Waals surface area contributed by atoms with E-state index >= 15 is 0 Å². The number of nitrogens with zero attached hydrogens (tertiary/aromatic N) is 1. The Morgan fingerprint density at radius 1 is 0.772 bits per heavy atom. The van der Waals surface area contributed by atoms with Crippen molar-refractivity contribution in [3.05, 3.63) is 81.9 Å². The second kappa shape index (κ2) is 17.8. The molecule has 17 heteroatoms. The Hall–Kier alpha value is -5.36. The van der Waals surface area contributed by atoms with Crippen LogP contribution in [-0.2, 0) is 59.5 Å². The monoisotopic (exact) mass is 803 g/mol. The number of fused-ring (bicyclic) bond motifs is 3. The SMILES string of the molecule is O=C1CCC(N2C(=O)c3cccc(NCCOCCOCCOCCOc4ccc(S(=O)(=O)NC(=O)Nc5c6c(cc7c5CCC7)CCC6)cc4)c3C2=O)C(=O)N1. The van der Waals surface area contributed by atoms with Crippen LogP contribution >= 0.6 is 0 Å². The third-order valence-corrected chi connectivity index (χ3v) is 11.7. The van der Waals surface area contributed by atoms with Gasteiger partial charge in [-0.05, 0) is 104 Å². The molecule has 3 aromatic carbocycles. The first-order chi connectivity index (χ1) is 27.6. The Morgan fingerprint density at radius 2 is 1.42 bits per heavy atom. The summed E-state index contributed by atoms with van der Waals surface area (Å²) in [7, 11) is -4.11. The van der Waals surface area contributed by atoms with E-state index in [1.54, 1.807) is 12.1 Å². The average Bonchev–Trinajstić information content (AvgIpc) is 3.92. The summed E-state index contributed by atoms with van der Waals surface area (Å²) in [5.41, 5.74) is 6.34. The number of amides is 6. The van der Waals surface area contributed by atoms with E-state index in [0.29, 0.717) is 51.0 Å². The number of rotatable bonds is 18. The highest BCUT2D eigenvalue weighted by atomic mass is 32.2. The van der Waals surface area contributed by atoms with Crippen LogP contribution in [0.1, 0.15) is 68.7 Å². The van der Waals surface area contributed by atoms with Crippen LogP contribution in [0.4, 0.5) is 16.2 Å². The molecule has 0 radical (unpaired) electrons. The Labute approximate surface area is 330 Å². The molecule has 7 rings (SSSR count). The highest BCUT2D eigenvalue weighted by Gasteiger charge is 2.45. The first-order valence-corrected chi connectivity index (χ1v) is 20.6. The highest BCUT2D eigenvalue weighted by molar-refractivity contribution is 7.90. The molecule has 4 aliphatic rings. The zero-order valence-electron chi connectivity index (χ0n) is 31.4. The molecule has 1 atom stereocenters. The number of ether oxygens (including phenoxy) is 4. The lowest BCUT2D eigenvalue weighted by Gasteiger charge is -2.27. The Balaban J connectivity index is 0.737. The van der Waals surface area contributed by atoms with Crippen LogP contribution < -0.4 is 25.4 Å². The molecule has 0 spiro atoms. The van der Waals surface area contributed by atoms with E-state index in [-0.39, 0.29) is 42.1 Å². The smallest absolute Gasteiger partial charge is 0.333 e. The van der Waals surface area contributed by atoms with Gasteiger partial charge in [-0.25, -0.2) is 17.9 Å². The Bertz CT molecular complexity index is 2130. The van der Waals surface area contributed by atoms with Crippen molar-refractivity contribution in [1.29, 1.82) is 0 Å². The van der Waals surface area contributed by atoms with Crippen molar-refractivity contribution in [2.45, 2.75) is 62.3 Å². The normalized spacial score (nSPS) is 17.3. The summed E-state index contributed by atoms with van der Waals surface area (Å²) in [5, 5.41) is 8.16. The van der Waals surface area contributed by atoms with Crippen molar-refractivity contribution in [2.75, 3.05) is 63.4 Å². The number of carbonyl (C=O) groups is 5. The number of piperidine rings is 1. The van der Waals surface area contributed by atoms with Crippen LogP contribution in [0, 0.1) is 0 Å². The number of urea groups is 1. The summed E-state index contributed by atoms with van der Waals surface area (Å²) in [6.45, 7) is 2.47. The van der Waals surface area contributed by atoms with Crippen molar-refractivity contribution >= 4 is 51.1 Å². The second-order valence-electron chi connectivity index (χ2n) is 14.1. The van der Waals surface area contributed by atoms with Gasteiger partial charge in [-0.2, -0.15) is 0 Å². The van der Waals surface area contributed by atoms with E-state index in [1.807, 2.05) is 0 Å². The van der Waals surface area contributed by atoms with Gasteiger partial charge in [0, 0.05) is 24.3 Å². The van der Waals surface area contributed by atoms with Crippen LogP contribution in [0.2, 0.25) is 0 Å². The van der Waals surface area contributed by atoms with E-state index in [4.69, 9.17) is 18.9 Å². The number of carbonyl (C=O) groups excluding carboxylic acids is 5. The molecule has 2 heterocycles. The predicted molar refractivity (Wildman–Crippen MR) is 206 cm³/mol. The summed E-state index contributed by atoms with van der Waals surface area (Å²) in [6, 6.07) is 11.1. The third-order valence-electron chi connectivity index (χ3n) is 10.3. The molecule has 4 N–H and O–H groups in total. The van der Waals surface area contributed by atoms with Crippen molar-refractivity contribution in [2.24, 2.45) is 0 Å². The van der Waals surface area contributed by atoms with E-state index in [1.165, 1.54) is 41.5 Å². The van der Waals surface area contributed by atoms with Gasteiger partial charge in [-0.15, -0.1) is 0 Å². The zero-order valence-corrected chi connectivity index (χ0v) is 32.2. The number of nitrogens with one attached hydrogen (secondary N) is 4. The predicted octanol–water partition coefficient (Wildman–Crippen LogP) is 3.12. The van der Waals surface area contributed by atoms with Gasteiger partial charge in [0.15, 0.2) is 0 Å². The Kier molecular flexibility index (Phi) is 12.5. The summed E-state index contributed by atoms with van der Waals surface area (Å²) in [4.78, 5) is 63.8. The lowest BCUT2D eigenvalue weighted by Crippen LogP contribution is -2.54. The second-order valence-corrected chi connectivity index (χ2v) is 15.7. The molecule has 0 aromatic heterocycles. The average molecular weight is 804 g/mol. The zero-order chi connectivity index (χ0) is 39.9. The molecule has 2 aliphatic heterocycles. The van der Waals surface area contributed by atoms with Crippen LogP contribution in [0.25, 0.3) is 0 Å². The van der Waals surface area contributed by atoms with Gasteiger partial charge in [0.2, 0.25) is 11.8 Å². The summed E-state index contributed by atoms with van der Waals surface area (Å²) < 4.78 is 50.4. The molecule has 0 bridgehead atoms. The minimum atomic E-state index is -4.11. The van der Waals surface area contributed by atoms with Crippen molar-refractivity contribution in [1.82, 2.24) is 14.9 Å². The van der Waals surface area contributed by atoms with Crippen molar-refractivity contribution in [3.8, 4) is 5.75 Å². The van der Waals surface area contributed by atoms with Gasteiger partial charge < -0.3 is 29.6 Å². The lowest BCUT2D eigenvalue weighted by atomic mass is 9.99. The molecule has 16 nitrogen and oxygen atoms in total. The first kappa shape index (κ1) is 39.9. The summed E-state index contributed by atoms with van der Waals surface area (Å²) in [5.74, 6) is -1.79. The number of imide groups is 2. The molecular formula is C40H45N5O11S. The maximum absolute atomic E-state index is 13.2. The van der Waals surface area contributed by atoms with Gasteiger partial charge in [-0.1, -0.05) is 12.1 Å². The maximum Gasteiger partial charge on any atom is 0.333 e. The van der Waals surface area contributed by atoms with Gasteiger partial charge in [0.25, 0.3) is 21.8 Å². The summed E-state index contributed by atoms with van der Waals surface area (Å²) >= 11 is 0. The van der Waals surface area contributed by atoms with Crippen molar-refractivity contribution < 1.29 is 51.3 Å². The summed E-state index contributed by atoms with van der Waals surface area (Å²) in [6.07, 6.45) is 5.87. The third kappa shape index (κ3) is 9.12. The van der Waals surface area contributed by atoms with Gasteiger partial charge >= 0.3 is 6.03 Å². The number of aryl methyl sites for hydroxylation is 2. The molecule has 302 valence electrons. The van der Waals surface area contributed by atoms with E-state index < -0.39 is 45.7 Å². The fourth-order valence-electron chi connectivity index (χ4n) is 7.68. The lowest BCUT2D eigenvalue weighted by molar-refractivity contribution is -0.136. The molecule has 1 saturated heterocycles. The van der Waals surface area contributed by atoms with Crippen LogP contribution in [0.3, 0.4) is 0 Å². The first-order valence-electron chi connectivity index (χ1n) is 19.2. The van der Waals surface area contributed by atoms with Gasteiger partial charge in [0.05, 0.1) is 55.7 Å². The number of hydrogen-bond donors (Lipinski definition) is 4.